The van der Waals surface area contributed by atoms with E-state index in [0.717, 1.165) is 0 Å². The molecule has 0 aliphatic heterocycles. The van der Waals surface area contributed by atoms with Gasteiger partial charge in [-0.2, -0.15) is 0 Å². The van der Waals surface area contributed by atoms with Gasteiger partial charge in [0.05, 0.1) is 11.5 Å². The highest BCUT2D eigenvalue weighted by Crippen LogP contribution is 2.24. The molecule has 0 amide bonds. The van der Waals surface area contributed by atoms with E-state index in [1.165, 1.54) is 0 Å². The van der Waals surface area contributed by atoms with Gasteiger partial charge in [0, 0.05) is 18.8 Å². The number of aryl methyl sites for hydroxylation is 1. The van der Waals surface area contributed by atoms with Crippen LogP contribution in [0.25, 0.3) is 0 Å². The van der Waals surface area contributed by atoms with Crippen molar-refractivity contribution < 1.29 is 13.2 Å². The van der Waals surface area contributed by atoms with Crippen molar-refractivity contribution in [2.75, 3.05) is 19.5 Å². The highest BCUT2D eigenvalue weighted by atomic mass is 32.2. The summed E-state index contributed by atoms with van der Waals surface area (Å²) in [5, 5.41) is 0. The molecular formula is C13H22N2O3S. The molecule has 19 heavy (non-hydrogen) atoms. The Labute approximate surface area is 115 Å². The van der Waals surface area contributed by atoms with Crippen LogP contribution in [0.15, 0.2) is 17.0 Å². The van der Waals surface area contributed by atoms with Gasteiger partial charge in [0.1, 0.15) is 0 Å². The molecule has 0 bridgehead atoms. The molecule has 0 saturated carbocycles. The Morgan fingerprint density at radius 3 is 2.53 bits per heavy atom. The highest BCUT2D eigenvalue weighted by molar-refractivity contribution is 7.89. The summed E-state index contributed by atoms with van der Waals surface area (Å²) in [6, 6.07) is 3.19. The Bertz CT molecular complexity index is 541. The van der Waals surface area contributed by atoms with Crippen molar-refractivity contribution in [2.45, 2.75) is 38.1 Å². The van der Waals surface area contributed by atoms with Crippen molar-refractivity contribution >= 4 is 15.7 Å². The maximum absolute atomic E-state index is 12.4. The summed E-state index contributed by atoms with van der Waals surface area (Å²) in [6.07, 6.45) is 0.660. The van der Waals surface area contributed by atoms with Crippen molar-refractivity contribution in [1.82, 2.24) is 4.72 Å². The maximum Gasteiger partial charge on any atom is 0.241 e. The molecule has 108 valence electrons. The van der Waals surface area contributed by atoms with Crippen LogP contribution in [-0.2, 0) is 14.8 Å². The Morgan fingerprint density at radius 2 is 2.00 bits per heavy atom. The Balaban J connectivity index is 3.17. The first kappa shape index (κ1) is 15.9. The fraction of sp³-hybridized carbons (Fsp3) is 0.538. The smallest absolute Gasteiger partial charge is 0.241 e. The van der Waals surface area contributed by atoms with Gasteiger partial charge in [0.15, 0.2) is 0 Å². The minimum Gasteiger partial charge on any atom is -0.398 e. The van der Waals surface area contributed by atoms with E-state index >= 15 is 0 Å². The zero-order valence-electron chi connectivity index (χ0n) is 11.9. The summed E-state index contributed by atoms with van der Waals surface area (Å²) < 4.78 is 32.6. The Hall–Kier alpha value is -1.11. The van der Waals surface area contributed by atoms with Crippen LogP contribution in [0.5, 0.6) is 0 Å². The quantitative estimate of drug-likeness (QED) is 0.778. The minimum atomic E-state index is -3.59. The van der Waals surface area contributed by atoms with Crippen molar-refractivity contribution in [1.29, 1.82) is 0 Å². The summed E-state index contributed by atoms with van der Waals surface area (Å²) in [5.41, 5.74) is 7.54. The number of anilines is 1. The lowest BCUT2D eigenvalue weighted by molar-refractivity contribution is 0.173. The molecule has 6 heteroatoms. The zero-order valence-corrected chi connectivity index (χ0v) is 12.7. The number of hydrogen-bond acceptors (Lipinski definition) is 4. The van der Waals surface area contributed by atoms with Crippen LogP contribution in [0.2, 0.25) is 0 Å². The standard InChI is InChI=1S/C13H22N2O3S/c1-5-11(8-18-4)15-19(16,17)13-9(2)6-7-12(14)10(13)3/h6-7,11,15H,5,8,14H2,1-4H3. The first-order chi connectivity index (χ1) is 8.83. The number of nitrogen functional groups attached to an aromatic ring is 1. The minimum absolute atomic E-state index is 0.241. The van der Waals surface area contributed by atoms with Gasteiger partial charge in [-0.25, -0.2) is 13.1 Å². The van der Waals surface area contributed by atoms with E-state index in [1.807, 2.05) is 6.92 Å². The van der Waals surface area contributed by atoms with Gasteiger partial charge in [0.2, 0.25) is 10.0 Å². The van der Waals surface area contributed by atoms with Gasteiger partial charge < -0.3 is 10.5 Å². The number of rotatable bonds is 6. The van der Waals surface area contributed by atoms with Gasteiger partial charge in [-0.15, -0.1) is 0 Å². The van der Waals surface area contributed by atoms with Crippen molar-refractivity contribution in [3.05, 3.63) is 23.3 Å². The highest BCUT2D eigenvalue weighted by Gasteiger charge is 2.23. The molecule has 0 radical (unpaired) electrons. The molecule has 0 saturated heterocycles. The van der Waals surface area contributed by atoms with Crippen molar-refractivity contribution in [2.24, 2.45) is 0 Å². The second kappa shape index (κ2) is 6.36. The van der Waals surface area contributed by atoms with Gasteiger partial charge >= 0.3 is 0 Å². The third kappa shape index (κ3) is 3.68. The molecule has 1 unspecified atom stereocenters. The van der Waals surface area contributed by atoms with E-state index in [2.05, 4.69) is 4.72 Å². The molecule has 1 aromatic rings. The molecular weight excluding hydrogens is 264 g/mol. The third-order valence-electron chi connectivity index (χ3n) is 3.10. The second-order valence-corrected chi connectivity index (χ2v) is 6.26. The van der Waals surface area contributed by atoms with E-state index < -0.39 is 10.0 Å². The number of hydrogen-bond donors (Lipinski definition) is 2. The van der Waals surface area contributed by atoms with Gasteiger partial charge in [0.25, 0.3) is 0 Å². The fourth-order valence-corrected chi connectivity index (χ4v) is 3.77. The number of nitrogens with one attached hydrogen (secondary N) is 1. The number of nitrogens with two attached hydrogens (primary N) is 1. The first-order valence-corrected chi connectivity index (χ1v) is 7.68. The van der Waals surface area contributed by atoms with Crippen LogP contribution in [0, 0.1) is 13.8 Å². The molecule has 0 aromatic heterocycles. The Kier molecular flexibility index (Phi) is 5.34. The second-order valence-electron chi connectivity index (χ2n) is 4.61. The SMILES string of the molecule is CCC(COC)NS(=O)(=O)c1c(C)ccc(N)c1C. The predicted octanol–water partition coefficient (Wildman–Crippen LogP) is 1.59. The number of sulfonamides is 1. The predicted molar refractivity (Wildman–Crippen MR) is 76.6 cm³/mol. The van der Waals surface area contributed by atoms with Crippen molar-refractivity contribution in [3.63, 3.8) is 0 Å². The molecule has 0 spiro atoms. The molecule has 1 rings (SSSR count). The Morgan fingerprint density at radius 1 is 1.37 bits per heavy atom. The third-order valence-corrected chi connectivity index (χ3v) is 4.91. The normalized spacial score (nSPS) is 13.5. The average molecular weight is 286 g/mol. The maximum atomic E-state index is 12.4. The lowest BCUT2D eigenvalue weighted by Crippen LogP contribution is -2.38. The van der Waals surface area contributed by atoms with E-state index in [1.54, 1.807) is 33.1 Å². The molecule has 0 heterocycles. The van der Waals surface area contributed by atoms with Crippen LogP contribution in [-0.4, -0.2) is 28.2 Å². The lowest BCUT2D eigenvalue weighted by atomic mass is 10.1. The van der Waals surface area contributed by atoms with E-state index in [9.17, 15) is 8.42 Å². The van der Waals surface area contributed by atoms with Crippen LogP contribution >= 0.6 is 0 Å². The van der Waals surface area contributed by atoms with Gasteiger partial charge in [-0.1, -0.05) is 13.0 Å². The number of ether oxygens (including phenoxy) is 1. The molecule has 1 aromatic carbocycles. The van der Waals surface area contributed by atoms with E-state index in [4.69, 9.17) is 10.5 Å². The topological polar surface area (TPSA) is 81.4 Å². The molecule has 3 N–H and O–H groups in total. The summed E-state index contributed by atoms with van der Waals surface area (Å²) in [7, 11) is -2.04. The van der Waals surface area contributed by atoms with Crippen molar-refractivity contribution in [3.8, 4) is 0 Å². The molecule has 0 fully saturated rings. The first-order valence-electron chi connectivity index (χ1n) is 6.20. The van der Waals surface area contributed by atoms with Crippen LogP contribution in [0.3, 0.4) is 0 Å². The van der Waals surface area contributed by atoms with Gasteiger partial charge in [-0.05, 0) is 37.5 Å². The summed E-state index contributed by atoms with van der Waals surface area (Å²) in [5.74, 6) is 0. The molecule has 1 atom stereocenters. The monoisotopic (exact) mass is 286 g/mol. The molecule has 0 aliphatic rings. The van der Waals surface area contributed by atoms with E-state index in [-0.39, 0.29) is 10.9 Å². The molecule has 0 aliphatic carbocycles. The number of methoxy groups -OCH3 is 1. The van der Waals surface area contributed by atoms with Crippen LogP contribution in [0.4, 0.5) is 5.69 Å². The average Bonchev–Trinajstić information content (AvgIpc) is 2.33. The summed E-state index contributed by atoms with van der Waals surface area (Å²) >= 11 is 0. The van der Waals surface area contributed by atoms with Crippen LogP contribution in [0.1, 0.15) is 24.5 Å². The van der Waals surface area contributed by atoms with Gasteiger partial charge in [-0.3, -0.25) is 0 Å². The number of benzene rings is 1. The molecule has 5 nitrogen and oxygen atoms in total. The summed E-state index contributed by atoms with van der Waals surface area (Å²) in [6.45, 7) is 5.73. The summed E-state index contributed by atoms with van der Waals surface area (Å²) in [4.78, 5) is 0.266. The van der Waals surface area contributed by atoms with Crippen LogP contribution < -0.4 is 10.5 Å². The lowest BCUT2D eigenvalue weighted by Gasteiger charge is -2.19. The fourth-order valence-electron chi connectivity index (χ4n) is 1.97. The zero-order chi connectivity index (χ0) is 14.6. The largest absolute Gasteiger partial charge is 0.398 e. The van der Waals surface area contributed by atoms with E-state index in [0.29, 0.717) is 29.8 Å².